The Kier molecular flexibility index (Phi) is 9.71. The second-order valence-electron chi connectivity index (χ2n) is 6.38. The predicted octanol–water partition coefficient (Wildman–Crippen LogP) is 2.74. The van der Waals surface area contributed by atoms with Gasteiger partial charge in [-0.1, -0.05) is 29.8 Å². The molecule has 1 fully saturated rings. The number of Topliss-reactive ketones (excluding diaryl/α,β-unsaturated/α-hetero) is 1. The number of nitrogens with two attached hydrogens (primary N) is 1. The van der Waals surface area contributed by atoms with Crippen molar-refractivity contribution in [2.45, 2.75) is 45.1 Å². The molecule has 1 heterocycles. The van der Waals surface area contributed by atoms with Crippen molar-refractivity contribution in [3.05, 3.63) is 35.4 Å². The molecule has 0 unspecified atom stereocenters. The first kappa shape index (κ1) is 21.6. The number of ether oxygens (including phenoxy) is 1. The van der Waals surface area contributed by atoms with E-state index in [0.717, 1.165) is 24.8 Å². The highest BCUT2D eigenvalue weighted by Crippen LogP contribution is 2.16. The topological polar surface area (TPSA) is 72.6 Å². The summed E-state index contributed by atoms with van der Waals surface area (Å²) < 4.78 is 5.74. The molecular weight excluding hydrogens is 340 g/mol. The maximum absolute atomic E-state index is 12.3. The number of aryl methyl sites for hydroxylation is 1. The summed E-state index contributed by atoms with van der Waals surface area (Å²) in [5.74, 6) is 0.0965. The Morgan fingerprint density at radius 3 is 2.40 bits per heavy atom. The van der Waals surface area contributed by atoms with Crippen LogP contribution in [0, 0.1) is 6.92 Å². The van der Waals surface area contributed by atoms with Gasteiger partial charge in [0.25, 0.3) is 0 Å². The summed E-state index contributed by atoms with van der Waals surface area (Å²) in [6.07, 6.45) is 3.39. The van der Waals surface area contributed by atoms with Gasteiger partial charge in [0.15, 0.2) is 5.78 Å². The average molecular weight is 369 g/mol. The van der Waals surface area contributed by atoms with Crippen LogP contribution < -0.4 is 5.73 Å². The Balaban J connectivity index is 0.00000312. The quantitative estimate of drug-likeness (QED) is 0.565. The highest BCUT2D eigenvalue weighted by atomic mass is 35.5. The number of halogens is 1. The summed E-state index contributed by atoms with van der Waals surface area (Å²) in [4.78, 5) is 26.3. The van der Waals surface area contributed by atoms with Crippen LogP contribution in [-0.4, -0.2) is 48.9 Å². The van der Waals surface area contributed by atoms with Crippen LogP contribution in [-0.2, 0) is 9.53 Å². The molecule has 1 aliphatic rings. The summed E-state index contributed by atoms with van der Waals surface area (Å²) in [6, 6.07) is 7.49. The summed E-state index contributed by atoms with van der Waals surface area (Å²) >= 11 is 0. The van der Waals surface area contributed by atoms with Gasteiger partial charge in [0.05, 0.1) is 6.10 Å². The zero-order chi connectivity index (χ0) is 17.4. The fourth-order valence-corrected chi connectivity index (χ4v) is 2.87. The molecule has 0 spiro atoms. The van der Waals surface area contributed by atoms with Crippen molar-refractivity contribution in [2.75, 3.05) is 26.2 Å². The molecule has 1 amide bonds. The van der Waals surface area contributed by atoms with Gasteiger partial charge >= 0.3 is 0 Å². The van der Waals surface area contributed by atoms with Gasteiger partial charge in [-0.3, -0.25) is 9.59 Å². The number of carbonyl (C=O) groups is 2. The third-order valence-corrected chi connectivity index (χ3v) is 4.44. The first-order valence-corrected chi connectivity index (χ1v) is 8.79. The largest absolute Gasteiger partial charge is 0.378 e. The van der Waals surface area contributed by atoms with E-state index in [2.05, 4.69) is 0 Å². The van der Waals surface area contributed by atoms with Crippen molar-refractivity contribution >= 4 is 24.1 Å². The average Bonchev–Trinajstić information content (AvgIpc) is 2.61. The number of rotatable bonds is 8. The van der Waals surface area contributed by atoms with Crippen LogP contribution >= 0.6 is 12.4 Å². The van der Waals surface area contributed by atoms with Crippen LogP contribution in [0.3, 0.4) is 0 Å². The van der Waals surface area contributed by atoms with E-state index < -0.39 is 0 Å². The molecule has 0 aromatic heterocycles. The second-order valence-corrected chi connectivity index (χ2v) is 6.38. The second kappa shape index (κ2) is 11.2. The molecule has 2 rings (SSSR count). The number of ketones is 1. The molecule has 0 atom stereocenters. The van der Waals surface area contributed by atoms with Crippen LogP contribution in [0.15, 0.2) is 24.3 Å². The highest BCUT2D eigenvalue weighted by Gasteiger charge is 2.23. The first-order chi connectivity index (χ1) is 11.6. The maximum Gasteiger partial charge on any atom is 0.223 e. The molecule has 1 saturated heterocycles. The number of hydrogen-bond donors (Lipinski definition) is 1. The molecule has 0 bridgehead atoms. The van der Waals surface area contributed by atoms with Crippen molar-refractivity contribution in [1.82, 2.24) is 4.90 Å². The number of nitrogens with zero attached hydrogens (tertiary/aromatic N) is 1. The van der Waals surface area contributed by atoms with Crippen LogP contribution in [0.1, 0.15) is 48.0 Å². The molecular formula is C19H29ClN2O3. The third-order valence-electron chi connectivity index (χ3n) is 4.44. The Labute approximate surface area is 156 Å². The Morgan fingerprint density at radius 1 is 1.16 bits per heavy atom. The van der Waals surface area contributed by atoms with E-state index in [9.17, 15) is 9.59 Å². The number of amides is 1. The minimum atomic E-state index is 0. The fraction of sp³-hybridized carbons (Fsp3) is 0.579. The Morgan fingerprint density at radius 2 is 1.80 bits per heavy atom. The van der Waals surface area contributed by atoms with Gasteiger partial charge in [0, 0.05) is 38.1 Å². The van der Waals surface area contributed by atoms with Crippen LogP contribution in [0.25, 0.3) is 0 Å². The fourth-order valence-electron chi connectivity index (χ4n) is 2.87. The minimum absolute atomic E-state index is 0. The van der Waals surface area contributed by atoms with Crippen molar-refractivity contribution in [3.63, 3.8) is 0 Å². The van der Waals surface area contributed by atoms with Gasteiger partial charge in [-0.05, 0) is 32.7 Å². The van der Waals surface area contributed by atoms with Gasteiger partial charge in [0.2, 0.25) is 5.91 Å². The van der Waals surface area contributed by atoms with Gasteiger partial charge in [-0.2, -0.15) is 0 Å². The lowest BCUT2D eigenvalue weighted by atomic mass is 10.0. The summed E-state index contributed by atoms with van der Waals surface area (Å²) in [6.45, 7) is 4.75. The van der Waals surface area contributed by atoms with E-state index in [1.165, 1.54) is 0 Å². The lowest BCUT2D eigenvalue weighted by Crippen LogP contribution is -2.41. The molecule has 1 aliphatic heterocycles. The zero-order valence-electron chi connectivity index (χ0n) is 14.9. The highest BCUT2D eigenvalue weighted by molar-refractivity contribution is 5.97. The van der Waals surface area contributed by atoms with E-state index in [0.29, 0.717) is 31.8 Å². The molecule has 1 aromatic carbocycles. The predicted molar refractivity (Wildman–Crippen MR) is 101 cm³/mol. The minimum Gasteiger partial charge on any atom is -0.378 e. The monoisotopic (exact) mass is 368 g/mol. The molecule has 140 valence electrons. The summed E-state index contributed by atoms with van der Waals surface area (Å²) in [5.41, 5.74) is 7.26. The van der Waals surface area contributed by atoms with Gasteiger partial charge in [-0.25, -0.2) is 0 Å². The summed E-state index contributed by atoms with van der Waals surface area (Å²) in [7, 11) is 0. The lowest BCUT2D eigenvalue weighted by Gasteiger charge is -2.32. The maximum atomic E-state index is 12.3. The van der Waals surface area contributed by atoms with Crippen LogP contribution in [0.5, 0.6) is 0 Å². The van der Waals surface area contributed by atoms with Crippen molar-refractivity contribution in [3.8, 4) is 0 Å². The number of carbonyl (C=O) groups excluding carboxylic acids is 2. The smallest absolute Gasteiger partial charge is 0.223 e. The summed E-state index contributed by atoms with van der Waals surface area (Å²) in [5, 5.41) is 0. The molecule has 0 aliphatic carbocycles. The molecule has 25 heavy (non-hydrogen) atoms. The number of likely N-dealkylation sites (tertiary alicyclic amines) is 1. The Hall–Kier alpha value is -1.43. The Bertz CT molecular complexity index is 540. The van der Waals surface area contributed by atoms with E-state index in [4.69, 9.17) is 10.5 Å². The normalized spacial score (nSPS) is 14.9. The molecule has 0 radical (unpaired) electrons. The zero-order valence-corrected chi connectivity index (χ0v) is 15.7. The van der Waals surface area contributed by atoms with Gasteiger partial charge < -0.3 is 15.4 Å². The molecule has 5 nitrogen and oxygen atoms in total. The SMILES string of the molecule is Cc1ccc(C(=O)CCC(=O)N2CCC(OCCCN)CC2)cc1.Cl. The van der Waals surface area contributed by atoms with Crippen molar-refractivity contribution in [2.24, 2.45) is 5.73 Å². The van der Waals surface area contributed by atoms with Gasteiger partial charge in [0.1, 0.15) is 0 Å². The first-order valence-electron chi connectivity index (χ1n) is 8.79. The number of benzene rings is 1. The molecule has 6 heteroatoms. The number of piperidine rings is 1. The van der Waals surface area contributed by atoms with E-state index in [-0.39, 0.29) is 43.0 Å². The number of hydrogen-bond acceptors (Lipinski definition) is 4. The van der Waals surface area contributed by atoms with E-state index in [1.54, 1.807) is 0 Å². The van der Waals surface area contributed by atoms with Crippen LogP contribution in [0.2, 0.25) is 0 Å². The lowest BCUT2D eigenvalue weighted by molar-refractivity contribution is -0.133. The van der Waals surface area contributed by atoms with E-state index in [1.807, 2.05) is 36.1 Å². The van der Waals surface area contributed by atoms with Gasteiger partial charge in [-0.15, -0.1) is 12.4 Å². The standard InChI is InChI=1S/C19H28N2O3.ClH/c1-15-3-5-16(6-4-15)18(22)7-8-19(23)21-12-9-17(10-13-21)24-14-2-11-20;/h3-6,17H,2,7-14,20H2,1H3;1H. The van der Waals surface area contributed by atoms with Crippen molar-refractivity contribution in [1.29, 1.82) is 0 Å². The molecule has 1 aromatic rings. The van der Waals surface area contributed by atoms with Crippen LogP contribution in [0.4, 0.5) is 0 Å². The van der Waals surface area contributed by atoms with Crippen molar-refractivity contribution < 1.29 is 14.3 Å². The molecule has 0 saturated carbocycles. The van der Waals surface area contributed by atoms with E-state index >= 15 is 0 Å². The molecule has 2 N–H and O–H groups in total. The third kappa shape index (κ3) is 7.14.